The van der Waals surface area contributed by atoms with Crippen LogP contribution in [0.3, 0.4) is 0 Å². The Kier molecular flexibility index (Phi) is 42.5. The summed E-state index contributed by atoms with van der Waals surface area (Å²) in [5.41, 5.74) is 0. The molecular formula is H4Mg2O6Si. The second kappa shape index (κ2) is 12.2. The SMILES string of the molecule is O.O.[Mg+2].[Mg+2].[O-][Si]([O-])([O-])[O-]. The van der Waals surface area contributed by atoms with Crippen LogP contribution in [-0.4, -0.2) is 66.1 Å². The molecule has 0 heterocycles. The van der Waals surface area contributed by atoms with Crippen LogP contribution >= 0.6 is 0 Å². The van der Waals surface area contributed by atoms with Gasteiger partial charge in [-0.2, -0.15) is 0 Å². The molecule has 0 aliphatic heterocycles. The van der Waals surface area contributed by atoms with Crippen molar-refractivity contribution in [2.24, 2.45) is 0 Å². The fraction of sp³-hybridized carbons (Fsp3) is 0. The van der Waals surface area contributed by atoms with E-state index in [0.29, 0.717) is 0 Å². The monoisotopic (exact) mass is 176 g/mol. The minimum absolute atomic E-state index is 0. The summed E-state index contributed by atoms with van der Waals surface area (Å²) in [5, 5.41) is 0. The van der Waals surface area contributed by atoms with Gasteiger partial charge in [0.1, 0.15) is 0 Å². The van der Waals surface area contributed by atoms with E-state index in [2.05, 4.69) is 0 Å². The topological polar surface area (TPSA) is 155 Å². The van der Waals surface area contributed by atoms with E-state index >= 15 is 0 Å². The average molecular weight is 177 g/mol. The van der Waals surface area contributed by atoms with Gasteiger partial charge in [-0.25, -0.2) is 0 Å². The predicted molar refractivity (Wildman–Crippen MR) is 24.5 cm³/mol. The molecule has 0 rings (SSSR count). The second-order valence-corrected chi connectivity index (χ2v) is 1.50. The summed E-state index contributed by atoms with van der Waals surface area (Å²) < 4.78 is 0. The number of hydrogen-bond acceptors (Lipinski definition) is 4. The van der Waals surface area contributed by atoms with E-state index in [1.54, 1.807) is 0 Å². The minimum Gasteiger partial charge on any atom is -0.894 e. The maximum atomic E-state index is 8.58. The van der Waals surface area contributed by atoms with E-state index in [9.17, 15) is 0 Å². The van der Waals surface area contributed by atoms with Crippen molar-refractivity contribution < 1.29 is 30.1 Å². The van der Waals surface area contributed by atoms with Gasteiger partial charge in [0.25, 0.3) is 0 Å². The Hall–Kier alpha value is 1.51. The molecule has 0 saturated heterocycles. The van der Waals surface area contributed by atoms with Crippen LogP contribution in [0.2, 0.25) is 0 Å². The first-order chi connectivity index (χ1) is 2.00. The van der Waals surface area contributed by atoms with Gasteiger partial charge in [0.15, 0.2) is 0 Å². The van der Waals surface area contributed by atoms with Crippen molar-refractivity contribution in [3.05, 3.63) is 0 Å². The molecule has 6 nitrogen and oxygen atoms in total. The molecule has 0 aromatic rings. The molecule has 0 bridgehead atoms. The third kappa shape index (κ3) is 235. The van der Waals surface area contributed by atoms with Gasteiger partial charge in [-0.3, -0.25) is 0 Å². The number of rotatable bonds is 0. The molecule has 4 N–H and O–H groups in total. The van der Waals surface area contributed by atoms with Crippen molar-refractivity contribution in [2.75, 3.05) is 0 Å². The molecule has 0 fully saturated rings. The van der Waals surface area contributed by atoms with Crippen molar-refractivity contribution >= 4 is 55.2 Å². The summed E-state index contributed by atoms with van der Waals surface area (Å²) in [6.45, 7) is 0. The van der Waals surface area contributed by atoms with E-state index in [-0.39, 0.29) is 57.1 Å². The first kappa shape index (κ1) is 31.3. The van der Waals surface area contributed by atoms with Crippen molar-refractivity contribution in [1.82, 2.24) is 0 Å². The molecule has 0 radical (unpaired) electrons. The molecule has 9 heavy (non-hydrogen) atoms. The zero-order chi connectivity index (χ0) is 4.50. The Morgan fingerprint density at radius 1 is 0.667 bits per heavy atom. The fourth-order valence-corrected chi connectivity index (χ4v) is 0. The van der Waals surface area contributed by atoms with Gasteiger partial charge in [0.05, 0.1) is 0 Å². The normalized spacial score (nSPS) is 6.67. The summed E-state index contributed by atoms with van der Waals surface area (Å²) in [6.07, 6.45) is 0. The molecule has 0 aliphatic rings. The van der Waals surface area contributed by atoms with E-state index in [0.717, 1.165) is 0 Å². The molecule has 9 heteroatoms. The van der Waals surface area contributed by atoms with Gasteiger partial charge in [0.2, 0.25) is 0 Å². The van der Waals surface area contributed by atoms with Crippen LogP contribution in [0.15, 0.2) is 0 Å². The average Bonchev–Trinajstić information content (AvgIpc) is 0.722. The van der Waals surface area contributed by atoms with Crippen LogP contribution in [0.25, 0.3) is 0 Å². The Morgan fingerprint density at radius 2 is 0.667 bits per heavy atom. The van der Waals surface area contributed by atoms with Crippen LogP contribution in [-0.2, 0) is 0 Å². The number of hydrogen-bond donors (Lipinski definition) is 0. The summed E-state index contributed by atoms with van der Waals surface area (Å²) in [6, 6.07) is 0. The molecule has 0 aromatic heterocycles. The maximum Gasteiger partial charge on any atom is 2.00 e. The third-order valence-corrected chi connectivity index (χ3v) is 0. The fourth-order valence-electron chi connectivity index (χ4n) is 0. The van der Waals surface area contributed by atoms with Crippen LogP contribution in [0, 0.1) is 0 Å². The zero-order valence-corrected chi connectivity index (χ0v) is 8.38. The standard InChI is InChI=1S/2Mg.O4Si.2H2O/c;;1-5(2,3)4;;/h;;;2*1H2/q2*+2;-4;;. The van der Waals surface area contributed by atoms with Gasteiger partial charge < -0.3 is 39.2 Å². The predicted octanol–water partition coefficient (Wildman–Crippen LogP) is -7.55. The van der Waals surface area contributed by atoms with Gasteiger partial charge >= 0.3 is 46.1 Å². The van der Waals surface area contributed by atoms with E-state index < -0.39 is 9.05 Å². The van der Waals surface area contributed by atoms with Crippen LogP contribution in [0.4, 0.5) is 0 Å². The van der Waals surface area contributed by atoms with Crippen LogP contribution < -0.4 is 19.2 Å². The minimum atomic E-state index is -5.61. The summed E-state index contributed by atoms with van der Waals surface area (Å²) in [5.74, 6) is 0. The Labute approximate surface area is 84.9 Å². The Bertz CT molecular complexity index is 26.5. The quantitative estimate of drug-likeness (QED) is 0.336. The first-order valence-corrected chi connectivity index (χ1v) is 2.45. The van der Waals surface area contributed by atoms with Gasteiger partial charge in [-0.05, 0) is 0 Å². The Balaban J connectivity index is -0.0000000133. The molecule has 48 valence electrons. The molecule has 0 aromatic carbocycles. The molecule has 0 aliphatic carbocycles. The zero-order valence-electron chi connectivity index (χ0n) is 4.55. The van der Waals surface area contributed by atoms with Crippen molar-refractivity contribution in [2.45, 2.75) is 0 Å². The summed E-state index contributed by atoms with van der Waals surface area (Å²) in [4.78, 5) is 34.3. The van der Waals surface area contributed by atoms with Crippen molar-refractivity contribution in [3.8, 4) is 0 Å². The van der Waals surface area contributed by atoms with Gasteiger partial charge in [0, 0.05) is 0 Å². The maximum absolute atomic E-state index is 8.58. The largest absolute Gasteiger partial charge is 2.00 e. The third-order valence-electron chi connectivity index (χ3n) is 0. The van der Waals surface area contributed by atoms with E-state index in [4.69, 9.17) is 19.2 Å². The smallest absolute Gasteiger partial charge is 0.894 e. The van der Waals surface area contributed by atoms with Crippen LogP contribution in [0.5, 0.6) is 0 Å². The molecule has 0 saturated carbocycles. The molecule has 0 unspecified atom stereocenters. The van der Waals surface area contributed by atoms with E-state index in [1.807, 2.05) is 0 Å². The molecular weight excluding hydrogens is 173 g/mol. The van der Waals surface area contributed by atoms with Crippen LogP contribution in [0.1, 0.15) is 0 Å². The van der Waals surface area contributed by atoms with Gasteiger partial charge in [-0.1, -0.05) is 0 Å². The van der Waals surface area contributed by atoms with E-state index in [1.165, 1.54) is 0 Å². The van der Waals surface area contributed by atoms with Gasteiger partial charge in [-0.15, -0.1) is 0 Å². The van der Waals surface area contributed by atoms with Crippen molar-refractivity contribution in [3.63, 3.8) is 0 Å². The molecule has 0 spiro atoms. The first-order valence-electron chi connectivity index (χ1n) is 0.816. The molecule has 0 amide bonds. The summed E-state index contributed by atoms with van der Waals surface area (Å²) in [7, 11) is -5.61. The second-order valence-electron chi connectivity index (χ2n) is 0.500. The Morgan fingerprint density at radius 3 is 0.667 bits per heavy atom. The van der Waals surface area contributed by atoms with Crippen molar-refractivity contribution in [1.29, 1.82) is 0 Å². The summed E-state index contributed by atoms with van der Waals surface area (Å²) >= 11 is 0. The molecule has 0 atom stereocenters.